The van der Waals surface area contributed by atoms with E-state index in [2.05, 4.69) is 9.97 Å². The second kappa shape index (κ2) is 8.35. The van der Waals surface area contributed by atoms with Gasteiger partial charge in [0.15, 0.2) is 11.6 Å². The molecule has 3 rings (SSSR count). The summed E-state index contributed by atoms with van der Waals surface area (Å²) < 4.78 is 24.8. The van der Waals surface area contributed by atoms with E-state index in [-0.39, 0.29) is 11.9 Å². The fourth-order valence-corrected chi connectivity index (χ4v) is 2.71. The first-order valence-electron chi connectivity index (χ1n) is 7.76. The Balaban J connectivity index is 1.62. The second-order valence-corrected chi connectivity index (χ2v) is 6.21. The Morgan fingerprint density at radius 3 is 2.85 bits per heavy atom. The van der Waals surface area contributed by atoms with Gasteiger partial charge >= 0.3 is 5.97 Å². The van der Waals surface area contributed by atoms with Crippen LogP contribution in [-0.2, 0) is 9.53 Å². The van der Waals surface area contributed by atoms with E-state index < -0.39 is 11.8 Å². The number of thiazole rings is 1. The lowest BCUT2D eigenvalue weighted by atomic mass is 10.2. The molecule has 1 aromatic carbocycles. The molecule has 0 aliphatic heterocycles. The van der Waals surface area contributed by atoms with Crippen molar-refractivity contribution in [2.24, 2.45) is 0 Å². The number of pyridine rings is 1. The summed E-state index contributed by atoms with van der Waals surface area (Å²) in [5, 5.41) is 0. The summed E-state index contributed by atoms with van der Waals surface area (Å²) >= 11 is 1.41. The number of esters is 1. The van der Waals surface area contributed by atoms with Gasteiger partial charge in [0.2, 0.25) is 0 Å². The quantitative estimate of drug-likeness (QED) is 0.461. The Kier molecular flexibility index (Phi) is 5.70. The van der Waals surface area contributed by atoms with Crippen molar-refractivity contribution < 1.29 is 18.7 Å². The molecule has 132 valence electrons. The lowest BCUT2D eigenvalue weighted by Gasteiger charge is -2.09. The average Bonchev–Trinajstić information content (AvgIpc) is 3.18. The SMILES string of the molecule is C[C@@H](OC(=O)/C=C/c1ccc(Oc2cccnc2)c(F)c1)c1cncs1. The number of halogens is 1. The maximum absolute atomic E-state index is 14.2. The van der Waals surface area contributed by atoms with Crippen LogP contribution in [0.25, 0.3) is 6.08 Å². The predicted molar refractivity (Wildman–Crippen MR) is 96.4 cm³/mol. The molecule has 0 N–H and O–H groups in total. The van der Waals surface area contributed by atoms with E-state index >= 15 is 0 Å². The maximum Gasteiger partial charge on any atom is 0.331 e. The number of ether oxygens (including phenoxy) is 2. The molecule has 0 radical (unpaired) electrons. The van der Waals surface area contributed by atoms with Crippen LogP contribution in [0, 0.1) is 5.82 Å². The van der Waals surface area contributed by atoms with Crippen molar-refractivity contribution in [1.82, 2.24) is 9.97 Å². The highest BCUT2D eigenvalue weighted by molar-refractivity contribution is 7.09. The molecule has 2 heterocycles. The summed E-state index contributed by atoms with van der Waals surface area (Å²) in [7, 11) is 0. The van der Waals surface area contributed by atoms with Gasteiger partial charge in [0.05, 0.1) is 16.6 Å². The van der Waals surface area contributed by atoms with Crippen LogP contribution in [0.5, 0.6) is 11.5 Å². The van der Waals surface area contributed by atoms with Crippen molar-refractivity contribution in [3.8, 4) is 11.5 Å². The van der Waals surface area contributed by atoms with Crippen molar-refractivity contribution in [2.75, 3.05) is 0 Å². The molecule has 0 fully saturated rings. The van der Waals surface area contributed by atoms with Crippen LogP contribution in [-0.4, -0.2) is 15.9 Å². The standard InChI is InChI=1S/C19H15FN2O3S/c1-13(18-11-22-12-26-18)24-19(23)7-5-14-4-6-17(16(20)9-14)25-15-3-2-8-21-10-15/h2-13H,1H3/b7-5+/t13-/m1/s1. The number of nitrogens with zero attached hydrogens (tertiary/aromatic N) is 2. The Morgan fingerprint density at radius 2 is 2.15 bits per heavy atom. The normalized spacial score (nSPS) is 12.1. The zero-order valence-corrected chi connectivity index (χ0v) is 14.7. The van der Waals surface area contributed by atoms with Crippen LogP contribution in [0.15, 0.2) is 60.5 Å². The molecule has 0 unspecified atom stereocenters. The van der Waals surface area contributed by atoms with Gasteiger partial charge in [-0.3, -0.25) is 9.97 Å². The van der Waals surface area contributed by atoms with Crippen molar-refractivity contribution in [1.29, 1.82) is 0 Å². The van der Waals surface area contributed by atoms with E-state index in [1.165, 1.54) is 41.8 Å². The van der Waals surface area contributed by atoms with Gasteiger partial charge in [-0.1, -0.05) is 6.07 Å². The number of hydrogen-bond acceptors (Lipinski definition) is 6. The Bertz CT molecular complexity index is 898. The molecule has 2 aromatic heterocycles. The molecule has 5 nitrogen and oxygen atoms in total. The number of rotatable bonds is 6. The van der Waals surface area contributed by atoms with Crippen LogP contribution in [0.3, 0.4) is 0 Å². The molecular formula is C19H15FN2O3S. The number of aromatic nitrogens is 2. The van der Waals surface area contributed by atoms with Crippen molar-refractivity contribution >= 4 is 23.4 Å². The smallest absolute Gasteiger partial charge is 0.331 e. The predicted octanol–water partition coefficient (Wildman–Crippen LogP) is 4.79. The van der Waals surface area contributed by atoms with E-state index in [4.69, 9.17) is 9.47 Å². The lowest BCUT2D eigenvalue weighted by Crippen LogP contribution is -2.04. The monoisotopic (exact) mass is 370 g/mol. The largest absolute Gasteiger partial charge is 0.454 e. The number of carbonyl (C=O) groups excluding carboxylic acids is 1. The summed E-state index contributed by atoms with van der Waals surface area (Å²) in [5.41, 5.74) is 2.19. The molecule has 0 aliphatic carbocycles. The van der Waals surface area contributed by atoms with Crippen LogP contribution in [0.1, 0.15) is 23.5 Å². The molecule has 3 aromatic rings. The molecule has 0 amide bonds. The molecule has 1 atom stereocenters. The van der Waals surface area contributed by atoms with Gasteiger partial charge in [0.1, 0.15) is 11.9 Å². The van der Waals surface area contributed by atoms with Gasteiger partial charge in [-0.2, -0.15) is 0 Å². The third kappa shape index (κ3) is 4.73. The first kappa shape index (κ1) is 17.8. The molecular weight excluding hydrogens is 355 g/mol. The van der Waals surface area contributed by atoms with Gasteiger partial charge in [-0.15, -0.1) is 11.3 Å². The molecule has 0 bridgehead atoms. The number of hydrogen-bond donors (Lipinski definition) is 0. The number of carbonyl (C=O) groups is 1. The molecule has 0 aliphatic rings. The molecule has 0 spiro atoms. The minimum atomic E-state index is -0.539. The van der Waals surface area contributed by atoms with Crippen LogP contribution >= 0.6 is 11.3 Å². The summed E-state index contributed by atoms with van der Waals surface area (Å²) in [6, 6.07) is 7.80. The average molecular weight is 370 g/mol. The first-order chi connectivity index (χ1) is 12.6. The highest BCUT2D eigenvalue weighted by Crippen LogP contribution is 2.25. The zero-order chi connectivity index (χ0) is 18.4. The third-order valence-corrected chi connectivity index (χ3v) is 4.31. The lowest BCUT2D eigenvalue weighted by molar-refractivity contribution is -0.142. The fourth-order valence-electron chi connectivity index (χ4n) is 2.10. The highest BCUT2D eigenvalue weighted by atomic mass is 32.1. The molecule has 26 heavy (non-hydrogen) atoms. The minimum Gasteiger partial charge on any atom is -0.454 e. The third-order valence-electron chi connectivity index (χ3n) is 3.38. The van der Waals surface area contributed by atoms with Crippen molar-refractivity contribution in [3.05, 3.63) is 76.8 Å². The highest BCUT2D eigenvalue weighted by Gasteiger charge is 2.11. The van der Waals surface area contributed by atoms with Gasteiger partial charge < -0.3 is 9.47 Å². The van der Waals surface area contributed by atoms with Gasteiger partial charge in [-0.05, 0) is 42.8 Å². The van der Waals surface area contributed by atoms with Crippen molar-refractivity contribution in [3.63, 3.8) is 0 Å². The first-order valence-corrected chi connectivity index (χ1v) is 8.64. The van der Waals surface area contributed by atoms with Crippen LogP contribution in [0.4, 0.5) is 4.39 Å². The topological polar surface area (TPSA) is 61.3 Å². The van der Waals surface area contributed by atoms with Crippen LogP contribution < -0.4 is 4.74 Å². The van der Waals surface area contributed by atoms with E-state index in [9.17, 15) is 9.18 Å². The summed E-state index contributed by atoms with van der Waals surface area (Å²) in [4.78, 5) is 20.6. The van der Waals surface area contributed by atoms with E-state index in [0.717, 1.165) is 4.88 Å². The van der Waals surface area contributed by atoms with Gasteiger partial charge in [-0.25, -0.2) is 9.18 Å². The second-order valence-electron chi connectivity index (χ2n) is 5.30. The summed E-state index contributed by atoms with van der Waals surface area (Å²) in [6.07, 6.45) is 7.11. The minimum absolute atomic E-state index is 0.0801. The molecule has 0 saturated heterocycles. The van der Waals surface area contributed by atoms with Gasteiger partial charge in [0, 0.05) is 18.5 Å². The summed E-state index contributed by atoms with van der Waals surface area (Å²) in [5.74, 6) is -0.531. The fraction of sp³-hybridized carbons (Fsp3) is 0.105. The Morgan fingerprint density at radius 1 is 1.27 bits per heavy atom. The maximum atomic E-state index is 14.2. The number of benzene rings is 1. The van der Waals surface area contributed by atoms with E-state index in [1.807, 2.05) is 0 Å². The molecule has 0 saturated carbocycles. The van der Waals surface area contributed by atoms with Crippen LogP contribution in [0.2, 0.25) is 0 Å². The Hall–Kier alpha value is -3.06. The van der Waals surface area contributed by atoms with Gasteiger partial charge in [0.25, 0.3) is 0 Å². The Labute approximate surface area is 153 Å². The van der Waals surface area contributed by atoms with E-state index in [1.54, 1.807) is 43.0 Å². The van der Waals surface area contributed by atoms with Crippen molar-refractivity contribution in [2.45, 2.75) is 13.0 Å². The summed E-state index contributed by atoms with van der Waals surface area (Å²) in [6.45, 7) is 1.77. The van der Waals surface area contributed by atoms with E-state index in [0.29, 0.717) is 11.3 Å². The molecule has 7 heteroatoms. The zero-order valence-electron chi connectivity index (χ0n) is 13.8.